The molecule has 0 bridgehead atoms. The Kier molecular flexibility index (Phi) is 6.95. The van der Waals surface area contributed by atoms with Gasteiger partial charge in [0.2, 0.25) is 10.0 Å². The second-order valence-corrected chi connectivity index (χ2v) is 9.53. The van der Waals surface area contributed by atoms with E-state index < -0.39 is 22.0 Å². The van der Waals surface area contributed by atoms with Gasteiger partial charge in [-0.3, -0.25) is 4.79 Å². The van der Waals surface area contributed by atoms with Gasteiger partial charge in [-0.05, 0) is 44.2 Å². The number of imidazole rings is 1. The third kappa shape index (κ3) is 4.81. The first-order valence-corrected chi connectivity index (χ1v) is 11.5. The smallest absolute Gasteiger partial charge is 0.328 e. The lowest BCUT2D eigenvalue weighted by molar-refractivity contribution is -0.147. The highest BCUT2D eigenvalue weighted by Gasteiger charge is 2.21. The predicted octanol–water partition coefficient (Wildman–Crippen LogP) is 2.17. The summed E-state index contributed by atoms with van der Waals surface area (Å²) in [6.07, 6.45) is 0. The number of fused-ring (bicyclic) bond motifs is 1. The molecule has 10 heteroatoms. The van der Waals surface area contributed by atoms with Gasteiger partial charge in [0.05, 0.1) is 15.9 Å². The lowest BCUT2D eigenvalue weighted by Crippen LogP contribution is -2.39. The van der Waals surface area contributed by atoms with Gasteiger partial charge in [0.1, 0.15) is 18.5 Å². The monoisotopic (exact) mass is 458 g/mol. The molecule has 1 amide bonds. The molecular weight excluding hydrogens is 432 g/mol. The Balaban J connectivity index is 1.73. The van der Waals surface area contributed by atoms with Crippen LogP contribution in [-0.4, -0.2) is 54.3 Å². The minimum Gasteiger partial charge on any atom is -0.456 e. The summed E-state index contributed by atoms with van der Waals surface area (Å²) in [6, 6.07) is 12.5. The SMILES string of the molecule is CCn1c(COC(=O)[C@@H](C)NC(=O)c2ccccc2)nc2cc(S(=O)(=O)N(C)C)ccc21. The van der Waals surface area contributed by atoms with Crippen molar-refractivity contribution in [3.05, 3.63) is 59.9 Å². The van der Waals surface area contributed by atoms with Crippen LogP contribution >= 0.6 is 0 Å². The number of hydrogen-bond donors (Lipinski definition) is 1. The molecule has 0 saturated heterocycles. The van der Waals surface area contributed by atoms with E-state index in [0.29, 0.717) is 23.4 Å². The molecule has 0 unspecified atom stereocenters. The van der Waals surface area contributed by atoms with Crippen molar-refractivity contribution in [3.8, 4) is 0 Å². The number of aryl methyl sites for hydroxylation is 1. The summed E-state index contributed by atoms with van der Waals surface area (Å²) in [7, 11) is -0.661. The maximum Gasteiger partial charge on any atom is 0.328 e. The molecule has 0 spiro atoms. The Morgan fingerprint density at radius 2 is 1.84 bits per heavy atom. The lowest BCUT2D eigenvalue weighted by atomic mass is 10.2. The number of amides is 1. The second kappa shape index (κ2) is 9.49. The molecule has 1 heterocycles. The molecule has 1 atom stereocenters. The Labute approximate surface area is 187 Å². The summed E-state index contributed by atoms with van der Waals surface area (Å²) in [5.74, 6) is -0.484. The van der Waals surface area contributed by atoms with Crippen LogP contribution < -0.4 is 5.32 Å². The van der Waals surface area contributed by atoms with E-state index in [4.69, 9.17) is 4.74 Å². The molecule has 170 valence electrons. The van der Waals surface area contributed by atoms with Gasteiger partial charge >= 0.3 is 5.97 Å². The highest BCUT2D eigenvalue weighted by atomic mass is 32.2. The Morgan fingerprint density at radius 1 is 1.16 bits per heavy atom. The fourth-order valence-corrected chi connectivity index (χ4v) is 4.11. The number of nitrogens with zero attached hydrogens (tertiary/aromatic N) is 3. The van der Waals surface area contributed by atoms with Crippen LogP contribution in [0.2, 0.25) is 0 Å². The number of ether oxygens (including phenoxy) is 1. The van der Waals surface area contributed by atoms with E-state index in [-0.39, 0.29) is 17.4 Å². The van der Waals surface area contributed by atoms with E-state index in [1.54, 1.807) is 43.3 Å². The number of esters is 1. The molecule has 0 saturated carbocycles. The summed E-state index contributed by atoms with van der Waals surface area (Å²) >= 11 is 0. The van der Waals surface area contributed by atoms with Gasteiger partial charge in [-0.1, -0.05) is 18.2 Å². The number of sulfonamides is 1. The minimum absolute atomic E-state index is 0.108. The van der Waals surface area contributed by atoms with Crippen LogP contribution in [0.25, 0.3) is 11.0 Å². The van der Waals surface area contributed by atoms with Gasteiger partial charge in [0, 0.05) is 26.2 Å². The quantitative estimate of drug-likeness (QED) is 0.518. The third-order valence-electron chi connectivity index (χ3n) is 4.97. The van der Waals surface area contributed by atoms with Gasteiger partial charge in [0.15, 0.2) is 0 Å². The largest absolute Gasteiger partial charge is 0.456 e. The number of rotatable bonds is 8. The second-order valence-electron chi connectivity index (χ2n) is 7.38. The van der Waals surface area contributed by atoms with E-state index in [1.807, 2.05) is 11.5 Å². The fourth-order valence-electron chi connectivity index (χ4n) is 3.18. The topological polar surface area (TPSA) is 111 Å². The van der Waals surface area contributed by atoms with Crippen molar-refractivity contribution in [3.63, 3.8) is 0 Å². The zero-order valence-corrected chi connectivity index (χ0v) is 19.2. The van der Waals surface area contributed by atoms with Gasteiger partial charge in [-0.15, -0.1) is 0 Å². The molecule has 0 aliphatic heterocycles. The first-order valence-electron chi connectivity index (χ1n) is 10.1. The zero-order valence-electron chi connectivity index (χ0n) is 18.4. The highest BCUT2D eigenvalue weighted by molar-refractivity contribution is 7.89. The Bertz CT molecular complexity index is 1240. The Hall–Kier alpha value is -3.24. The van der Waals surface area contributed by atoms with Crippen molar-refractivity contribution >= 4 is 32.9 Å². The van der Waals surface area contributed by atoms with Crippen molar-refractivity contribution in [2.75, 3.05) is 14.1 Å². The first-order chi connectivity index (χ1) is 15.1. The van der Waals surface area contributed by atoms with Crippen LogP contribution in [-0.2, 0) is 32.7 Å². The van der Waals surface area contributed by atoms with E-state index >= 15 is 0 Å². The van der Waals surface area contributed by atoms with Crippen LogP contribution in [0, 0.1) is 0 Å². The van der Waals surface area contributed by atoms with E-state index in [0.717, 1.165) is 9.82 Å². The van der Waals surface area contributed by atoms with Gasteiger partial charge in [-0.25, -0.2) is 22.5 Å². The molecule has 2 aromatic carbocycles. The normalized spacial score (nSPS) is 12.7. The summed E-state index contributed by atoms with van der Waals surface area (Å²) in [6.45, 7) is 3.91. The van der Waals surface area contributed by atoms with Crippen LogP contribution in [0.5, 0.6) is 0 Å². The highest BCUT2D eigenvalue weighted by Crippen LogP contribution is 2.22. The molecule has 0 radical (unpaired) electrons. The molecule has 0 aliphatic rings. The lowest BCUT2D eigenvalue weighted by Gasteiger charge is -2.14. The molecular formula is C22H26N4O5S. The third-order valence-corrected chi connectivity index (χ3v) is 6.79. The first kappa shape index (κ1) is 23.4. The molecule has 1 aromatic heterocycles. The molecule has 9 nitrogen and oxygen atoms in total. The van der Waals surface area contributed by atoms with E-state index in [2.05, 4.69) is 10.3 Å². The molecule has 1 N–H and O–H groups in total. The average Bonchev–Trinajstić information content (AvgIpc) is 3.14. The van der Waals surface area contributed by atoms with Crippen LogP contribution in [0.15, 0.2) is 53.4 Å². The van der Waals surface area contributed by atoms with Crippen molar-refractivity contribution < 1.29 is 22.7 Å². The number of carbonyl (C=O) groups excluding carboxylic acids is 2. The summed E-state index contributed by atoms with van der Waals surface area (Å²) < 4.78 is 33.2. The number of aromatic nitrogens is 2. The van der Waals surface area contributed by atoms with Crippen LogP contribution in [0.3, 0.4) is 0 Å². The standard InChI is InChI=1S/C22H26N4O5S/c1-5-26-19-12-11-17(32(29,30)25(3)4)13-18(19)24-20(26)14-31-22(28)15(2)23-21(27)16-9-7-6-8-10-16/h6-13,15H,5,14H2,1-4H3,(H,23,27)/t15-/m1/s1. The van der Waals surface area contributed by atoms with E-state index in [9.17, 15) is 18.0 Å². The summed E-state index contributed by atoms with van der Waals surface area (Å²) in [5, 5.41) is 2.61. The van der Waals surface area contributed by atoms with Crippen molar-refractivity contribution in [2.24, 2.45) is 0 Å². The fraction of sp³-hybridized carbons (Fsp3) is 0.318. The number of nitrogens with one attached hydrogen (secondary N) is 1. The molecule has 0 aliphatic carbocycles. The molecule has 0 fully saturated rings. The van der Waals surface area contributed by atoms with Crippen LogP contribution in [0.1, 0.15) is 30.0 Å². The van der Waals surface area contributed by atoms with E-state index in [1.165, 1.54) is 26.2 Å². The molecule has 3 rings (SSSR count). The van der Waals surface area contributed by atoms with Gasteiger partial charge in [-0.2, -0.15) is 0 Å². The van der Waals surface area contributed by atoms with Crippen LogP contribution in [0.4, 0.5) is 0 Å². The van der Waals surface area contributed by atoms with Gasteiger partial charge < -0.3 is 14.6 Å². The summed E-state index contributed by atoms with van der Waals surface area (Å²) in [4.78, 5) is 29.2. The predicted molar refractivity (Wildman–Crippen MR) is 119 cm³/mol. The number of benzene rings is 2. The maximum absolute atomic E-state index is 12.4. The molecule has 3 aromatic rings. The molecule has 32 heavy (non-hydrogen) atoms. The minimum atomic E-state index is -3.59. The maximum atomic E-state index is 12.4. The van der Waals surface area contributed by atoms with Crippen molar-refractivity contribution in [2.45, 2.75) is 37.9 Å². The van der Waals surface area contributed by atoms with Gasteiger partial charge in [0.25, 0.3) is 5.91 Å². The van der Waals surface area contributed by atoms with Crippen molar-refractivity contribution in [1.29, 1.82) is 0 Å². The Morgan fingerprint density at radius 3 is 2.47 bits per heavy atom. The number of hydrogen-bond acceptors (Lipinski definition) is 6. The average molecular weight is 459 g/mol. The van der Waals surface area contributed by atoms with Crippen molar-refractivity contribution in [1.82, 2.24) is 19.2 Å². The zero-order chi connectivity index (χ0) is 23.5. The number of carbonyl (C=O) groups is 2. The summed E-state index contributed by atoms with van der Waals surface area (Å²) in [5.41, 5.74) is 1.68.